The Hall–Kier alpha value is -1.64. The van der Waals surface area contributed by atoms with Crippen molar-refractivity contribution in [1.82, 2.24) is 9.97 Å². The predicted octanol–water partition coefficient (Wildman–Crippen LogP) is 3.54. The largest absolute Gasteiger partial charge is 0.367 e. The number of rotatable bonds is 2. The first-order chi connectivity index (χ1) is 8.74. The third-order valence-electron chi connectivity index (χ3n) is 3.90. The van der Waals surface area contributed by atoms with Gasteiger partial charge >= 0.3 is 0 Å². The second-order valence-electron chi connectivity index (χ2n) is 5.45. The summed E-state index contributed by atoms with van der Waals surface area (Å²) in [5, 5.41) is 4.73. The summed E-state index contributed by atoms with van der Waals surface area (Å²) in [6.45, 7) is 4.42. The highest BCUT2D eigenvalue weighted by Gasteiger charge is 2.21. The molecule has 1 heterocycles. The molecule has 0 saturated heterocycles. The van der Waals surface area contributed by atoms with Crippen LogP contribution in [0.15, 0.2) is 24.5 Å². The van der Waals surface area contributed by atoms with Gasteiger partial charge in [-0.15, -0.1) is 0 Å². The summed E-state index contributed by atoms with van der Waals surface area (Å²) in [4.78, 5) is 8.79. The molecule has 1 saturated carbocycles. The average Bonchev–Trinajstić information content (AvgIpc) is 2.76. The fourth-order valence-electron chi connectivity index (χ4n) is 2.88. The van der Waals surface area contributed by atoms with Crippen molar-refractivity contribution < 1.29 is 0 Å². The normalized spacial score (nSPS) is 23.4. The zero-order valence-electron chi connectivity index (χ0n) is 11.0. The maximum absolute atomic E-state index is 4.41. The summed E-state index contributed by atoms with van der Waals surface area (Å²) in [5.41, 5.74) is 2.26. The number of nitrogens with zero attached hydrogens (tertiary/aromatic N) is 2. The van der Waals surface area contributed by atoms with Crippen molar-refractivity contribution in [3.63, 3.8) is 0 Å². The quantitative estimate of drug-likeness (QED) is 0.874. The summed E-state index contributed by atoms with van der Waals surface area (Å²) in [6, 6.07) is 6.84. The average molecular weight is 241 g/mol. The lowest BCUT2D eigenvalue weighted by atomic mass is 10.1. The summed E-state index contributed by atoms with van der Waals surface area (Å²) in [5.74, 6) is 1.82. The van der Waals surface area contributed by atoms with Gasteiger partial charge in [0.25, 0.3) is 0 Å². The second-order valence-corrected chi connectivity index (χ2v) is 5.45. The monoisotopic (exact) mass is 241 g/mol. The van der Waals surface area contributed by atoms with Crippen LogP contribution in [0.3, 0.4) is 0 Å². The maximum Gasteiger partial charge on any atom is 0.137 e. The Morgan fingerprint density at radius 3 is 2.89 bits per heavy atom. The van der Waals surface area contributed by atoms with Gasteiger partial charge in [-0.25, -0.2) is 9.97 Å². The molecule has 18 heavy (non-hydrogen) atoms. The first kappa shape index (κ1) is 11.5. The van der Waals surface area contributed by atoms with Gasteiger partial charge in [-0.05, 0) is 43.7 Å². The maximum atomic E-state index is 4.41. The Labute approximate surface area is 108 Å². The van der Waals surface area contributed by atoms with Gasteiger partial charge < -0.3 is 5.32 Å². The molecule has 1 aromatic heterocycles. The van der Waals surface area contributed by atoms with E-state index in [2.05, 4.69) is 47.3 Å². The van der Waals surface area contributed by atoms with Crippen LogP contribution in [0.1, 0.15) is 31.7 Å². The van der Waals surface area contributed by atoms with Gasteiger partial charge in [0, 0.05) is 11.4 Å². The third kappa shape index (κ3) is 2.05. The molecule has 1 N–H and O–H groups in total. The van der Waals surface area contributed by atoms with Crippen LogP contribution in [0.25, 0.3) is 10.9 Å². The molecule has 2 atom stereocenters. The smallest absolute Gasteiger partial charge is 0.137 e. The summed E-state index contributed by atoms with van der Waals surface area (Å²) in [6.07, 6.45) is 5.48. The lowest BCUT2D eigenvalue weighted by molar-refractivity contribution is 0.602. The minimum atomic E-state index is 0.568. The Morgan fingerprint density at radius 1 is 1.22 bits per heavy atom. The van der Waals surface area contributed by atoms with Gasteiger partial charge in [0.1, 0.15) is 12.1 Å². The SMILES string of the molecule is Cc1cccc2c(NC3CCC(C)C3)ncnc12. The van der Waals surface area contributed by atoms with Crippen molar-refractivity contribution in [2.24, 2.45) is 5.92 Å². The van der Waals surface area contributed by atoms with Crippen LogP contribution < -0.4 is 5.32 Å². The van der Waals surface area contributed by atoms with Gasteiger partial charge in [0.05, 0.1) is 5.52 Å². The van der Waals surface area contributed by atoms with Crippen molar-refractivity contribution in [2.75, 3.05) is 5.32 Å². The molecule has 1 fully saturated rings. The fraction of sp³-hybridized carbons (Fsp3) is 0.467. The molecule has 0 amide bonds. The van der Waals surface area contributed by atoms with Crippen LogP contribution in [-0.2, 0) is 0 Å². The Balaban J connectivity index is 1.94. The molecule has 0 spiro atoms. The van der Waals surface area contributed by atoms with Crippen molar-refractivity contribution in [1.29, 1.82) is 0 Å². The standard InChI is InChI=1S/C15H19N3/c1-10-6-7-12(8-10)18-15-13-5-3-4-11(2)14(13)16-9-17-15/h3-5,9-10,12H,6-8H2,1-2H3,(H,16,17,18). The van der Waals surface area contributed by atoms with Gasteiger partial charge in [-0.3, -0.25) is 0 Å². The van der Waals surface area contributed by atoms with E-state index in [-0.39, 0.29) is 0 Å². The van der Waals surface area contributed by atoms with E-state index in [1.54, 1.807) is 6.33 Å². The Morgan fingerprint density at radius 2 is 2.11 bits per heavy atom. The Kier molecular flexibility index (Phi) is 2.90. The summed E-state index contributed by atoms with van der Waals surface area (Å²) < 4.78 is 0. The molecule has 1 aliphatic carbocycles. The molecular formula is C15H19N3. The number of nitrogens with one attached hydrogen (secondary N) is 1. The highest BCUT2D eigenvalue weighted by atomic mass is 15.0. The van der Waals surface area contributed by atoms with E-state index in [1.807, 2.05) is 0 Å². The third-order valence-corrected chi connectivity index (χ3v) is 3.90. The van der Waals surface area contributed by atoms with E-state index in [0.717, 1.165) is 22.6 Å². The molecular weight excluding hydrogens is 222 g/mol. The van der Waals surface area contributed by atoms with Crippen molar-refractivity contribution in [3.05, 3.63) is 30.1 Å². The highest BCUT2D eigenvalue weighted by Crippen LogP contribution is 2.29. The van der Waals surface area contributed by atoms with E-state index in [1.165, 1.54) is 24.8 Å². The minimum absolute atomic E-state index is 0.568. The molecule has 3 nitrogen and oxygen atoms in total. The van der Waals surface area contributed by atoms with Gasteiger partial charge in [-0.2, -0.15) is 0 Å². The van der Waals surface area contributed by atoms with Crippen molar-refractivity contribution in [2.45, 2.75) is 39.2 Å². The number of hydrogen-bond acceptors (Lipinski definition) is 3. The number of aryl methyl sites for hydroxylation is 1. The van der Waals surface area contributed by atoms with E-state index < -0.39 is 0 Å². The van der Waals surface area contributed by atoms with E-state index in [4.69, 9.17) is 0 Å². The molecule has 0 aliphatic heterocycles. The van der Waals surface area contributed by atoms with E-state index in [9.17, 15) is 0 Å². The topological polar surface area (TPSA) is 37.8 Å². The number of benzene rings is 1. The number of aromatic nitrogens is 2. The van der Waals surface area contributed by atoms with Gasteiger partial charge in [0.15, 0.2) is 0 Å². The molecule has 3 heteroatoms. The lowest BCUT2D eigenvalue weighted by Gasteiger charge is -2.15. The van der Waals surface area contributed by atoms with Crippen LogP contribution in [0.4, 0.5) is 5.82 Å². The molecule has 2 aromatic rings. The number of fused-ring (bicyclic) bond motifs is 1. The predicted molar refractivity (Wildman–Crippen MR) is 74.7 cm³/mol. The molecule has 0 bridgehead atoms. The fourth-order valence-corrected chi connectivity index (χ4v) is 2.88. The zero-order chi connectivity index (χ0) is 12.5. The number of anilines is 1. The Bertz CT molecular complexity index is 565. The van der Waals surface area contributed by atoms with Crippen molar-refractivity contribution in [3.8, 4) is 0 Å². The molecule has 1 aliphatic rings. The van der Waals surface area contributed by atoms with Crippen LogP contribution in [0.2, 0.25) is 0 Å². The summed E-state index contributed by atoms with van der Waals surface area (Å²) >= 11 is 0. The van der Waals surface area contributed by atoms with Crippen LogP contribution in [0, 0.1) is 12.8 Å². The molecule has 94 valence electrons. The molecule has 0 radical (unpaired) electrons. The number of hydrogen-bond donors (Lipinski definition) is 1. The van der Waals surface area contributed by atoms with Crippen molar-refractivity contribution >= 4 is 16.7 Å². The van der Waals surface area contributed by atoms with Crippen LogP contribution in [-0.4, -0.2) is 16.0 Å². The first-order valence-corrected chi connectivity index (χ1v) is 6.71. The molecule has 1 aromatic carbocycles. The van der Waals surface area contributed by atoms with Gasteiger partial charge in [0.2, 0.25) is 0 Å². The minimum Gasteiger partial charge on any atom is -0.367 e. The van der Waals surface area contributed by atoms with E-state index in [0.29, 0.717) is 6.04 Å². The summed E-state index contributed by atoms with van der Waals surface area (Å²) in [7, 11) is 0. The first-order valence-electron chi connectivity index (χ1n) is 6.71. The van der Waals surface area contributed by atoms with Gasteiger partial charge in [-0.1, -0.05) is 19.1 Å². The molecule has 3 rings (SSSR count). The number of para-hydroxylation sites is 1. The highest BCUT2D eigenvalue weighted by molar-refractivity contribution is 5.90. The lowest BCUT2D eigenvalue weighted by Crippen LogP contribution is -2.16. The zero-order valence-corrected chi connectivity index (χ0v) is 11.0. The molecule has 2 unspecified atom stereocenters. The van der Waals surface area contributed by atoms with E-state index >= 15 is 0 Å². The second kappa shape index (κ2) is 4.56. The van der Waals surface area contributed by atoms with Crippen LogP contribution in [0.5, 0.6) is 0 Å². The van der Waals surface area contributed by atoms with Crippen LogP contribution >= 0.6 is 0 Å².